The van der Waals surface area contributed by atoms with Crippen LogP contribution in [-0.4, -0.2) is 6.54 Å². The summed E-state index contributed by atoms with van der Waals surface area (Å²) >= 11 is 3.45. The van der Waals surface area contributed by atoms with Gasteiger partial charge < -0.3 is 14.2 Å². The van der Waals surface area contributed by atoms with Crippen molar-refractivity contribution in [2.24, 2.45) is 0 Å². The standard InChI is InChI=1S/C14H18BrNO2/c1-4-6-16-13(11-5-7-17-14(11)15)12-8-9(2)18-10(12)3/h5,7-8,13,16H,4,6H2,1-3H3. The lowest BCUT2D eigenvalue weighted by atomic mass is 10.0. The van der Waals surface area contributed by atoms with Crippen LogP contribution in [0.25, 0.3) is 0 Å². The zero-order valence-corrected chi connectivity index (χ0v) is 12.5. The zero-order chi connectivity index (χ0) is 13.1. The van der Waals surface area contributed by atoms with Gasteiger partial charge >= 0.3 is 0 Å². The number of hydrogen-bond donors (Lipinski definition) is 1. The molecule has 2 aromatic rings. The molecule has 3 nitrogen and oxygen atoms in total. The predicted octanol–water partition coefficient (Wildman–Crippen LogP) is 4.34. The average Bonchev–Trinajstić information content (AvgIpc) is 2.87. The summed E-state index contributed by atoms with van der Waals surface area (Å²) in [5.41, 5.74) is 2.27. The second-order valence-electron chi connectivity index (χ2n) is 4.41. The van der Waals surface area contributed by atoms with Crippen molar-refractivity contribution in [1.82, 2.24) is 5.32 Å². The Hall–Kier alpha value is -1.00. The highest BCUT2D eigenvalue weighted by Gasteiger charge is 2.22. The van der Waals surface area contributed by atoms with Gasteiger partial charge in [0.25, 0.3) is 0 Å². The SMILES string of the molecule is CCCNC(c1cc(C)oc1C)c1ccoc1Br. The first-order valence-electron chi connectivity index (χ1n) is 6.16. The second kappa shape index (κ2) is 5.76. The summed E-state index contributed by atoms with van der Waals surface area (Å²) in [5.74, 6) is 1.89. The number of rotatable bonds is 5. The van der Waals surface area contributed by atoms with Crippen molar-refractivity contribution in [2.45, 2.75) is 33.2 Å². The minimum Gasteiger partial charge on any atom is -0.466 e. The lowest BCUT2D eigenvalue weighted by Crippen LogP contribution is -2.23. The molecule has 0 bridgehead atoms. The van der Waals surface area contributed by atoms with E-state index < -0.39 is 0 Å². The first-order chi connectivity index (χ1) is 8.63. The molecule has 0 spiro atoms. The molecule has 2 rings (SSSR count). The Morgan fingerprint density at radius 1 is 1.33 bits per heavy atom. The summed E-state index contributed by atoms with van der Waals surface area (Å²) < 4.78 is 11.7. The normalized spacial score (nSPS) is 12.9. The molecule has 0 amide bonds. The van der Waals surface area contributed by atoms with E-state index in [9.17, 15) is 0 Å². The van der Waals surface area contributed by atoms with Crippen molar-refractivity contribution in [3.8, 4) is 0 Å². The smallest absolute Gasteiger partial charge is 0.174 e. The highest BCUT2D eigenvalue weighted by molar-refractivity contribution is 9.10. The molecule has 0 radical (unpaired) electrons. The van der Waals surface area contributed by atoms with Crippen LogP contribution in [0.2, 0.25) is 0 Å². The first kappa shape index (κ1) is 13.4. The maximum absolute atomic E-state index is 5.63. The fraction of sp³-hybridized carbons (Fsp3) is 0.429. The summed E-state index contributed by atoms with van der Waals surface area (Å²) in [7, 11) is 0. The van der Waals surface area contributed by atoms with Crippen LogP contribution in [0.15, 0.2) is 31.9 Å². The molecule has 1 unspecified atom stereocenters. The number of furan rings is 2. The van der Waals surface area contributed by atoms with Crippen molar-refractivity contribution in [1.29, 1.82) is 0 Å². The number of halogens is 1. The van der Waals surface area contributed by atoms with Gasteiger partial charge in [-0.1, -0.05) is 6.92 Å². The van der Waals surface area contributed by atoms with Gasteiger partial charge in [-0.15, -0.1) is 0 Å². The Balaban J connectivity index is 2.37. The summed E-state index contributed by atoms with van der Waals surface area (Å²) in [6.45, 7) is 7.07. The predicted molar refractivity (Wildman–Crippen MR) is 74.7 cm³/mol. The van der Waals surface area contributed by atoms with E-state index in [-0.39, 0.29) is 6.04 Å². The van der Waals surface area contributed by atoms with E-state index in [2.05, 4.69) is 34.2 Å². The van der Waals surface area contributed by atoms with Gasteiger partial charge in [0.2, 0.25) is 0 Å². The maximum Gasteiger partial charge on any atom is 0.174 e. The van der Waals surface area contributed by atoms with Gasteiger partial charge in [0.1, 0.15) is 11.5 Å². The molecular weight excluding hydrogens is 294 g/mol. The molecular formula is C14H18BrNO2. The van der Waals surface area contributed by atoms with Crippen molar-refractivity contribution in [2.75, 3.05) is 6.54 Å². The Bertz CT molecular complexity index is 516. The minimum atomic E-state index is 0.107. The second-order valence-corrected chi connectivity index (χ2v) is 5.13. The third kappa shape index (κ3) is 2.70. The van der Waals surface area contributed by atoms with Crippen molar-refractivity contribution >= 4 is 15.9 Å². The maximum atomic E-state index is 5.63. The Kier molecular flexibility index (Phi) is 4.30. The highest BCUT2D eigenvalue weighted by Crippen LogP contribution is 2.32. The molecule has 1 N–H and O–H groups in total. The zero-order valence-electron chi connectivity index (χ0n) is 10.9. The third-order valence-electron chi connectivity index (χ3n) is 2.95. The van der Waals surface area contributed by atoms with E-state index in [0.717, 1.165) is 34.7 Å². The summed E-state index contributed by atoms with van der Waals surface area (Å²) in [5, 5.41) is 3.53. The molecule has 0 aliphatic rings. The molecule has 0 aromatic carbocycles. The van der Waals surface area contributed by atoms with Crippen LogP contribution < -0.4 is 5.32 Å². The number of aryl methyl sites for hydroxylation is 2. The molecule has 0 aliphatic carbocycles. The molecule has 0 fully saturated rings. The molecule has 0 saturated carbocycles. The first-order valence-corrected chi connectivity index (χ1v) is 6.96. The van der Waals surface area contributed by atoms with Crippen LogP contribution in [-0.2, 0) is 0 Å². The van der Waals surface area contributed by atoms with Crippen molar-refractivity contribution in [3.63, 3.8) is 0 Å². The van der Waals surface area contributed by atoms with E-state index in [1.54, 1.807) is 6.26 Å². The molecule has 18 heavy (non-hydrogen) atoms. The average molecular weight is 312 g/mol. The van der Waals surface area contributed by atoms with E-state index >= 15 is 0 Å². The van der Waals surface area contributed by atoms with Gasteiger partial charge in [-0.05, 0) is 54.9 Å². The van der Waals surface area contributed by atoms with Crippen LogP contribution in [0.4, 0.5) is 0 Å². The van der Waals surface area contributed by atoms with E-state index in [4.69, 9.17) is 8.83 Å². The van der Waals surface area contributed by atoms with Crippen molar-refractivity contribution in [3.05, 3.63) is 45.7 Å². The largest absolute Gasteiger partial charge is 0.466 e. The molecule has 4 heteroatoms. The van der Waals surface area contributed by atoms with Gasteiger partial charge in [0.15, 0.2) is 4.67 Å². The summed E-state index contributed by atoms with van der Waals surface area (Å²) in [4.78, 5) is 0. The van der Waals surface area contributed by atoms with Crippen LogP contribution in [0.5, 0.6) is 0 Å². The minimum absolute atomic E-state index is 0.107. The van der Waals surface area contributed by atoms with E-state index in [0.29, 0.717) is 0 Å². The Morgan fingerprint density at radius 3 is 2.61 bits per heavy atom. The molecule has 98 valence electrons. The number of nitrogens with one attached hydrogen (secondary N) is 1. The molecule has 0 aliphatic heterocycles. The van der Waals surface area contributed by atoms with Gasteiger partial charge in [0.05, 0.1) is 12.3 Å². The third-order valence-corrected chi connectivity index (χ3v) is 3.59. The molecule has 0 saturated heterocycles. The topological polar surface area (TPSA) is 38.3 Å². The van der Waals surface area contributed by atoms with Crippen molar-refractivity contribution < 1.29 is 8.83 Å². The van der Waals surface area contributed by atoms with Crippen LogP contribution in [0.1, 0.15) is 42.0 Å². The lowest BCUT2D eigenvalue weighted by molar-refractivity contribution is 0.490. The molecule has 1 atom stereocenters. The Morgan fingerprint density at radius 2 is 2.11 bits per heavy atom. The van der Waals surface area contributed by atoms with Gasteiger partial charge in [0, 0.05) is 11.1 Å². The van der Waals surface area contributed by atoms with Gasteiger partial charge in [-0.3, -0.25) is 0 Å². The van der Waals surface area contributed by atoms with Crippen LogP contribution in [0, 0.1) is 13.8 Å². The summed E-state index contributed by atoms with van der Waals surface area (Å²) in [6, 6.07) is 4.18. The summed E-state index contributed by atoms with van der Waals surface area (Å²) in [6.07, 6.45) is 2.78. The highest BCUT2D eigenvalue weighted by atomic mass is 79.9. The quantitative estimate of drug-likeness (QED) is 0.892. The van der Waals surface area contributed by atoms with Crippen LogP contribution >= 0.6 is 15.9 Å². The van der Waals surface area contributed by atoms with Crippen LogP contribution in [0.3, 0.4) is 0 Å². The van der Waals surface area contributed by atoms with E-state index in [1.807, 2.05) is 19.9 Å². The lowest BCUT2D eigenvalue weighted by Gasteiger charge is -2.17. The fourth-order valence-corrected chi connectivity index (χ4v) is 2.59. The van der Waals surface area contributed by atoms with Gasteiger partial charge in [-0.25, -0.2) is 0 Å². The fourth-order valence-electron chi connectivity index (χ4n) is 2.12. The molecule has 2 aromatic heterocycles. The molecule has 2 heterocycles. The van der Waals surface area contributed by atoms with Gasteiger partial charge in [-0.2, -0.15) is 0 Å². The Labute approximate surface area is 116 Å². The van der Waals surface area contributed by atoms with E-state index in [1.165, 1.54) is 5.56 Å². The number of hydrogen-bond acceptors (Lipinski definition) is 3. The monoisotopic (exact) mass is 311 g/mol.